The van der Waals surface area contributed by atoms with Gasteiger partial charge >= 0.3 is 6.03 Å². The molecule has 0 N–H and O–H groups in total. The lowest BCUT2D eigenvalue weighted by atomic mass is 10.1. The van der Waals surface area contributed by atoms with Gasteiger partial charge in [-0.15, -0.1) is 0 Å². The molecule has 2 unspecified atom stereocenters. The Labute approximate surface area is 165 Å². The number of aliphatic imine (C=N–C) groups is 1. The quantitative estimate of drug-likeness (QED) is 0.808. The summed E-state index contributed by atoms with van der Waals surface area (Å²) in [5.41, 5.74) is 4.23. The average molecular weight is 381 g/mol. The predicted octanol–water partition coefficient (Wildman–Crippen LogP) is 2.98. The minimum absolute atomic E-state index is 0.168. The summed E-state index contributed by atoms with van der Waals surface area (Å²) in [5.74, 6) is 0.757. The highest BCUT2D eigenvalue weighted by molar-refractivity contribution is 6.10. The van der Waals surface area contributed by atoms with Gasteiger partial charge in [0.05, 0.1) is 0 Å². The van der Waals surface area contributed by atoms with Crippen LogP contribution in [0.15, 0.2) is 40.7 Å². The summed E-state index contributed by atoms with van der Waals surface area (Å²) in [7, 11) is 1.73. The van der Waals surface area contributed by atoms with Crippen LogP contribution in [0.3, 0.4) is 0 Å². The molecule has 1 aromatic rings. The molecule has 2 atom stereocenters. The van der Waals surface area contributed by atoms with Crippen LogP contribution in [-0.4, -0.2) is 58.4 Å². The first-order valence-electron chi connectivity index (χ1n) is 9.72. The minimum Gasteiger partial charge on any atom is -0.302 e. The van der Waals surface area contributed by atoms with Crippen LogP contribution in [0, 0.1) is 12.8 Å². The van der Waals surface area contributed by atoms with Crippen molar-refractivity contribution in [3.63, 3.8) is 0 Å². The summed E-state index contributed by atoms with van der Waals surface area (Å²) in [5, 5.41) is 0. The van der Waals surface area contributed by atoms with Gasteiger partial charge in [-0.1, -0.05) is 31.5 Å². The molecule has 7 nitrogen and oxygen atoms in total. The van der Waals surface area contributed by atoms with Gasteiger partial charge in [-0.25, -0.2) is 9.79 Å². The normalized spacial score (nSPS) is 24.5. The van der Waals surface area contributed by atoms with Crippen LogP contribution in [-0.2, 0) is 4.79 Å². The maximum atomic E-state index is 13.3. The second-order valence-electron chi connectivity index (χ2n) is 8.24. The van der Waals surface area contributed by atoms with Crippen molar-refractivity contribution in [1.29, 1.82) is 0 Å². The van der Waals surface area contributed by atoms with Crippen LogP contribution in [0.2, 0.25) is 0 Å². The molecule has 4 rings (SSSR count). The van der Waals surface area contributed by atoms with Crippen LogP contribution in [0.1, 0.15) is 33.3 Å². The number of guanidine groups is 1. The standard InChI is InChI=1S/C21H27N5O2/c1-12(2)11-24-19(27)17-18(23(6)21(24)28)22-20-25(14(4)15(5)26(17)20)16-9-7-13(3)8-10-16/h7-10,12,17-18H,11H2,1-6H3. The van der Waals surface area contributed by atoms with Gasteiger partial charge in [0.1, 0.15) is 0 Å². The number of carbonyl (C=O) groups excluding carboxylic acids is 2. The molecule has 3 aliphatic heterocycles. The minimum atomic E-state index is -0.512. The highest BCUT2D eigenvalue weighted by Gasteiger charge is 2.55. The molecule has 1 aromatic carbocycles. The summed E-state index contributed by atoms with van der Waals surface area (Å²) in [4.78, 5) is 38.0. The Morgan fingerprint density at radius 2 is 1.68 bits per heavy atom. The molecule has 148 valence electrons. The Morgan fingerprint density at radius 3 is 2.29 bits per heavy atom. The Morgan fingerprint density at radius 1 is 1.04 bits per heavy atom. The number of hydrogen-bond acceptors (Lipinski definition) is 5. The van der Waals surface area contributed by atoms with Crippen LogP contribution < -0.4 is 4.90 Å². The van der Waals surface area contributed by atoms with Crippen LogP contribution >= 0.6 is 0 Å². The predicted molar refractivity (Wildman–Crippen MR) is 109 cm³/mol. The van der Waals surface area contributed by atoms with Gasteiger partial charge in [-0.05, 0) is 38.8 Å². The Kier molecular flexibility index (Phi) is 4.21. The molecule has 1 fully saturated rings. The third-order valence-corrected chi connectivity index (χ3v) is 5.73. The van der Waals surface area contributed by atoms with Gasteiger partial charge < -0.3 is 4.90 Å². The highest BCUT2D eigenvalue weighted by atomic mass is 16.2. The van der Waals surface area contributed by atoms with Crippen molar-refractivity contribution >= 4 is 23.6 Å². The lowest BCUT2D eigenvalue weighted by molar-refractivity contribution is -0.137. The number of fused-ring (bicyclic) bond motifs is 3. The maximum absolute atomic E-state index is 13.3. The second-order valence-corrected chi connectivity index (χ2v) is 8.24. The zero-order valence-electron chi connectivity index (χ0n) is 17.3. The lowest BCUT2D eigenvalue weighted by Crippen LogP contribution is -2.65. The van der Waals surface area contributed by atoms with E-state index in [1.54, 1.807) is 11.9 Å². The van der Waals surface area contributed by atoms with Crippen LogP contribution in [0.4, 0.5) is 10.5 Å². The van der Waals surface area contributed by atoms with Gasteiger partial charge in [0.15, 0.2) is 12.2 Å². The summed E-state index contributed by atoms with van der Waals surface area (Å²) < 4.78 is 0. The first-order chi connectivity index (χ1) is 13.2. The molecular formula is C21H27N5O2. The molecule has 1 saturated heterocycles. The van der Waals surface area contributed by atoms with Gasteiger partial charge in [0, 0.05) is 30.7 Å². The Balaban J connectivity index is 1.75. The van der Waals surface area contributed by atoms with Crippen molar-refractivity contribution in [2.75, 3.05) is 18.5 Å². The van der Waals surface area contributed by atoms with Gasteiger partial charge in [0.2, 0.25) is 5.96 Å². The van der Waals surface area contributed by atoms with Crippen molar-refractivity contribution in [3.8, 4) is 0 Å². The molecule has 0 aliphatic carbocycles. The number of benzene rings is 1. The van der Waals surface area contributed by atoms with Crippen LogP contribution in [0.5, 0.6) is 0 Å². The second kappa shape index (κ2) is 6.36. The fourth-order valence-electron chi connectivity index (χ4n) is 4.15. The van der Waals surface area contributed by atoms with Crippen molar-refractivity contribution in [2.24, 2.45) is 10.9 Å². The number of nitrogens with zero attached hydrogens (tertiary/aromatic N) is 5. The molecule has 0 saturated carbocycles. The number of aryl methyl sites for hydroxylation is 1. The molecule has 0 bridgehead atoms. The summed E-state index contributed by atoms with van der Waals surface area (Å²) >= 11 is 0. The topological polar surface area (TPSA) is 59.5 Å². The molecule has 0 spiro atoms. The number of imide groups is 1. The first-order valence-corrected chi connectivity index (χ1v) is 9.72. The molecule has 3 aliphatic rings. The number of likely N-dealkylation sites (N-methyl/N-ethyl adjacent to an activating group) is 1. The SMILES string of the molecule is CC1=C(C)N2C(=NC3C2C(=O)N(CC(C)C)C(=O)N3C)N1c1ccc(C)cc1. The van der Waals surface area contributed by atoms with E-state index in [1.165, 1.54) is 10.5 Å². The molecule has 0 radical (unpaired) electrons. The van der Waals surface area contributed by atoms with E-state index in [4.69, 9.17) is 4.99 Å². The number of amides is 3. The maximum Gasteiger partial charge on any atom is 0.328 e. The number of allylic oxidation sites excluding steroid dienone is 2. The fraction of sp³-hybridized carbons (Fsp3) is 0.476. The van der Waals surface area contributed by atoms with Crippen molar-refractivity contribution in [3.05, 3.63) is 41.2 Å². The monoisotopic (exact) mass is 381 g/mol. The van der Waals surface area contributed by atoms with E-state index in [1.807, 2.05) is 32.6 Å². The molecule has 0 aromatic heterocycles. The van der Waals surface area contributed by atoms with Crippen molar-refractivity contribution in [1.82, 2.24) is 14.7 Å². The zero-order valence-corrected chi connectivity index (χ0v) is 17.3. The van der Waals surface area contributed by atoms with E-state index in [2.05, 4.69) is 36.1 Å². The van der Waals surface area contributed by atoms with Gasteiger partial charge in [0.25, 0.3) is 5.91 Å². The number of anilines is 1. The number of hydrogen-bond donors (Lipinski definition) is 0. The Bertz CT molecular complexity index is 902. The van der Waals surface area contributed by atoms with Gasteiger partial charge in [-0.3, -0.25) is 19.5 Å². The zero-order chi connectivity index (χ0) is 20.3. The first kappa shape index (κ1) is 18.5. The van der Waals surface area contributed by atoms with Gasteiger partial charge in [-0.2, -0.15) is 0 Å². The molecule has 28 heavy (non-hydrogen) atoms. The smallest absolute Gasteiger partial charge is 0.302 e. The fourth-order valence-corrected chi connectivity index (χ4v) is 4.15. The summed E-state index contributed by atoms with van der Waals surface area (Å²) in [6, 6.07) is 7.46. The largest absolute Gasteiger partial charge is 0.328 e. The van der Waals surface area contributed by atoms with Crippen LogP contribution in [0.25, 0.3) is 0 Å². The molecule has 3 heterocycles. The third kappa shape index (κ3) is 2.52. The number of urea groups is 1. The lowest BCUT2D eigenvalue weighted by Gasteiger charge is -2.41. The average Bonchev–Trinajstić information content (AvgIpc) is 3.14. The molecular weight excluding hydrogens is 354 g/mol. The third-order valence-electron chi connectivity index (χ3n) is 5.73. The highest BCUT2D eigenvalue weighted by Crippen LogP contribution is 2.40. The van der Waals surface area contributed by atoms with E-state index in [-0.39, 0.29) is 17.9 Å². The molecule has 7 heteroatoms. The van der Waals surface area contributed by atoms with E-state index >= 15 is 0 Å². The van der Waals surface area contributed by atoms with E-state index in [0.717, 1.165) is 17.1 Å². The number of rotatable bonds is 3. The summed E-state index contributed by atoms with van der Waals surface area (Å²) in [6.07, 6.45) is -0.505. The summed E-state index contributed by atoms with van der Waals surface area (Å²) in [6.45, 7) is 10.5. The van der Waals surface area contributed by atoms with E-state index in [0.29, 0.717) is 12.5 Å². The van der Waals surface area contributed by atoms with Crippen molar-refractivity contribution < 1.29 is 9.59 Å². The van der Waals surface area contributed by atoms with E-state index in [9.17, 15) is 9.59 Å². The Hall–Kier alpha value is -2.83. The molecule has 3 amide bonds. The van der Waals surface area contributed by atoms with E-state index < -0.39 is 12.2 Å². The number of carbonyl (C=O) groups is 2. The van der Waals surface area contributed by atoms with Crippen molar-refractivity contribution in [2.45, 2.75) is 46.8 Å².